The van der Waals surface area contributed by atoms with Gasteiger partial charge in [-0.25, -0.2) is 0 Å². The Balaban J connectivity index is 3.41. The summed E-state index contributed by atoms with van der Waals surface area (Å²) in [5.41, 5.74) is 5.22. The van der Waals surface area contributed by atoms with Gasteiger partial charge in [-0.3, -0.25) is 14.4 Å². The molecule has 0 aromatic heterocycles. The molecule has 1 aliphatic carbocycles. The van der Waals surface area contributed by atoms with E-state index < -0.39 is 29.3 Å². The summed E-state index contributed by atoms with van der Waals surface area (Å²) in [7, 11) is 4.38. The number of hydrogen-bond acceptors (Lipinski definition) is 5. The van der Waals surface area contributed by atoms with Crippen LogP contribution in [0.2, 0.25) is 0 Å². The molecule has 9 nitrogen and oxygen atoms in total. The van der Waals surface area contributed by atoms with E-state index in [4.69, 9.17) is 5.73 Å². The quantitative estimate of drug-likeness (QED) is 0.222. The van der Waals surface area contributed by atoms with E-state index >= 15 is 0 Å². The third kappa shape index (κ3) is 13.0. The molecule has 7 atom stereocenters. The van der Waals surface area contributed by atoms with Crippen LogP contribution >= 0.6 is 0 Å². The van der Waals surface area contributed by atoms with Crippen LogP contribution in [0.3, 0.4) is 0 Å². The Morgan fingerprint density at radius 2 is 1.60 bits per heavy atom. The molecular formula is C33H62N4O5. The third-order valence-electron chi connectivity index (χ3n) is 9.15. The third-order valence-corrected chi connectivity index (χ3v) is 9.15. The van der Waals surface area contributed by atoms with E-state index in [1.807, 2.05) is 6.92 Å². The lowest BCUT2D eigenvalue weighted by atomic mass is 9.74. The van der Waals surface area contributed by atoms with Crippen molar-refractivity contribution in [3.05, 3.63) is 0 Å². The maximum absolute atomic E-state index is 14.0. The van der Waals surface area contributed by atoms with Crippen molar-refractivity contribution in [2.75, 3.05) is 27.2 Å². The van der Waals surface area contributed by atoms with Crippen molar-refractivity contribution in [1.29, 1.82) is 0 Å². The Morgan fingerprint density at radius 3 is 2.05 bits per heavy atom. The number of carboxylic acids is 1. The zero-order valence-electron chi connectivity index (χ0n) is 28.5. The maximum atomic E-state index is 14.0. The van der Waals surface area contributed by atoms with Gasteiger partial charge in [-0.05, 0) is 83.0 Å². The van der Waals surface area contributed by atoms with Crippen molar-refractivity contribution < 1.29 is 28.8 Å². The summed E-state index contributed by atoms with van der Waals surface area (Å²) in [6, 6.07) is -0.192. The van der Waals surface area contributed by atoms with Crippen LogP contribution in [0.1, 0.15) is 107 Å². The van der Waals surface area contributed by atoms with Gasteiger partial charge in [-0.15, -0.1) is 0 Å². The molecule has 0 heterocycles. The summed E-state index contributed by atoms with van der Waals surface area (Å²) in [6.45, 7) is 20.1. The van der Waals surface area contributed by atoms with Crippen molar-refractivity contribution in [3.63, 3.8) is 0 Å². The summed E-state index contributed by atoms with van der Waals surface area (Å²) in [6.07, 6.45) is 3.61. The largest absolute Gasteiger partial charge is 0.550 e. The number of nitrogens with zero attached hydrogens (tertiary/aromatic N) is 1. The van der Waals surface area contributed by atoms with Crippen molar-refractivity contribution in [3.8, 4) is 0 Å². The highest BCUT2D eigenvalue weighted by Crippen LogP contribution is 2.44. The molecule has 3 amide bonds. The second kappa shape index (κ2) is 15.5. The van der Waals surface area contributed by atoms with Crippen molar-refractivity contribution in [1.82, 2.24) is 10.6 Å². The first-order valence-corrected chi connectivity index (χ1v) is 16.0. The lowest BCUT2D eigenvalue weighted by Gasteiger charge is -2.37. The second-order valence-electron chi connectivity index (χ2n) is 15.8. The van der Waals surface area contributed by atoms with E-state index in [2.05, 4.69) is 73.2 Å². The molecule has 1 aliphatic rings. The number of nitrogens with one attached hydrogen (secondary N) is 2. The standard InChI is InChI=1S/C33H62N4O5/c1-12-23(29(34)39)17-28(31(41)42)27-18-26(35-22(4)38)16-24(27)15-25(14-21(3)19-37(10,11)13-2)30(40)36-33(8,9)20-32(5,6)7/h21,23-28H,12-20H2,1-11H3,(H4-,34,35,36,38,39,40,41,42). The SMILES string of the molecule is CCC(CC(C(=O)[O-])C1CC(NC(C)=O)CC1CC(CC(C)C[N+](C)(C)CC)C(=O)NC(C)(C)CC(C)(C)C)C(N)=O. The van der Waals surface area contributed by atoms with E-state index in [0.29, 0.717) is 32.1 Å². The first-order chi connectivity index (χ1) is 19.1. The molecule has 42 heavy (non-hydrogen) atoms. The summed E-state index contributed by atoms with van der Waals surface area (Å²) >= 11 is 0. The van der Waals surface area contributed by atoms with Gasteiger partial charge in [0.05, 0.1) is 27.2 Å². The number of hydrogen-bond donors (Lipinski definition) is 3. The van der Waals surface area contributed by atoms with Crippen LogP contribution in [0.4, 0.5) is 0 Å². The molecule has 0 aromatic carbocycles. The Kier molecular flexibility index (Phi) is 14.0. The highest BCUT2D eigenvalue weighted by molar-refractivity contribution is 5.79. The van der Waals surface area contributed by atoms with Crippen LogP contribution in [-0.4, -0.2) is 66.9 Å². The number of primary amides is 1. The molecule has 0 aromatic rings. The van der Waals surface area contributed by atoms with Crippen molar-refractivity contribution in [2.45, 2.75) is 119 Å². The van der Waals surface area contributed by atoms with Crippen LogP contribution in [0, 0.1) is 40.9 Å². The number of carbonyl (C=O) groups is 4. The monoisotopic (exact) mass is 594 g/mol. The van der Waals surface area contributed by atoms with E-state index in [-0.39, 0.29) is 53.4 Å². The minimum atomic E-state index is -1.20. The molecule has 0 aliphatic heterocycles. The summed E-state index contributed by atoms with van der Waals surface area (Å²) in [4.78, 5) is 50.5. The first-order valence-electron chi connectivity index (χ1n) is 16.0. The molecule has 0 bridgehead atoms. The summed E-state index contributed by atoms with van der Waals surface area (Å²) in [5, 5.41) is 18.8. The van der Waals surface area contributed by atoms with E-state index in [1.54, 1.807) is 0 Å². The highest BCUT2D eigenvalue weighted by Gasteiger charge is 2.43. The Bertz CT molecular complexity index is 926. The maximum Gasteiger partial charge on any atom is 0.223 e. The molecule has 7 unspecified atom stereocenters. The highest BCUT2D eigenvalue weighted by atomic mass is 16.4. The molecule has 9 heteroatoms. The number of rotatable bonds is 17. The van der Waals surface area contributed by atoms with Gasteiger partial charge in [0.1, 0.15) is 0 Å². The summed E-state index contributed by atoms with van der Waals surface area (Å²) in [5.74, 6) is -3.86. The predicted octanol–water partition coefficient (Wildman–Crippen LogP) is 3.24. The summed E-state index contributed by atoms with van der Waals surface area (Å²) < 4.78 is 0.847. The van der Waals surface area contributed by atoms with E-state index in [1.165, 1.54) is 6.92 Å². The lowest BCUT2D eigenvalue weighted by Crippen LogP contribution is -2.49. The number of amides is 3. The molecule has 4 N–H and O–H groups in total. The minimum absolute atomic E-state index is 0.00629. The van der Waals surface area contributed by atoms with Crippen LogP contribution in [-0.2, 0) is 19.2 Å². The van der Waals surface area contributed by atoms with Gasteiger partial charge in [-0.2, -0.15) is 0 Å². The number of carbonyl (C=O) groups excluding carboxylic acids is 4. The normalized spacial score (nSPS) is 22.6. The Labute approximate surface area is 255 Å². The molecule has 1 saturated carbocycles. The van der Waals surface area contributed by atoms with Crippen LogP contribution < -0.4 is 21.5 Å². The fourth-order valence-corrected chi connectivity index (χ4v) is 7.58. The number of quaternary nitrogens is 1. The molecule has 1 fully saturated rings. The topological polar surface area (TPSA) is 141 Å². The lowest BCUT2D eigenvalue weighted by molar-refractivity contribution is -0.891. The average Bonchev–Trinajstić information content (AvgIpc) is 3.17. The second-order valence-corrected chi connectivity index (χ2v) is 15.8. The molecular weight excluding hydrogens is 532 g/mol. The van der Waals surface area contributed by atoms with Gasteiger partial charge in [0, 0.05) is 48.1 Å². The molecule has 1 rings (SSSR count). The van der Waals surface area contributed by atoms with E-state index in [9.17, 15) is 24.3 Å². The fourth-order valence-electron chi connectivity index (χ4n) is 7.58. The van der Waals surface area contributed by atoms with Crippen molar-refractivity contribution in [2.24, 2.45) is 46.7 Å². The van der Waals surface area contributed by atoms with Gasteiger partial charge < -0.3 is 30.8 Å². The number of carboxylic acid groups (broad SMARTS) is 1. The molecule has 244 valence electrons. The predicted molar refractivity (Wildman–Crippen MR) is 166 cm³/mol. The van der Waals surface area contributed by atoms with Gasteiger partial charge >= 0.3 is 0 Å². The molecule has 0 radical (unpaired) electrons. The van der Waals surface area contributed by atoms with Crippen molar-refractivity contribution >= 4 is 23.7 Å². The zero-order chi connectivity index (χ0) is 32.6. The molecule has 0 spiro atoms. The first kappa shape index (κ1) is 37.9. The van der Waals surface area contributed by atoms with Gasteiger partial charge in [0.25, 0.3) is 0 Å². The Morgan fingerprint density at radius 1 is 1.00 bits per heavy atom. The fraction of sp³-hybridized carbons (Fsp3) is 0.879. The van der Waals surface area contributed by atoms with Crippen LogP contribution in [0.5, 0.6) is 0 Å². The van der Waals surface area contributed by atoms with Crippen LogP contribution in [0.15, 0.2) is 0 Å². The zero-order valence-corrected chi connectivity index (χ0v) is 28.5. The number of aliphatic carboxylic acids is 1. The smallest absolute Gasteiger partial charge is 0.223 e. The average molecular weight is 595 g/mol. The number of nitrogens with two attached hydrogens (primary N) is 1. The van der Waals surface area contributed by atoms with Gasteiger partial charge in [-0.1, -0.05) is 34.6 Å². The van der Waals surface area contributed by atoms with Gasteiger partial charge in [0.15, 0.2) is 0 Å². The minimum Gasteiger partial charge on any atom is -0.550 e. The van der Waals surface area contributed by atoms with E-state index in [0.717, 1.165) is 24.0 Å². The van der Waals surface area contributed by atoms with Gasteiger partial charge in [0.2, 0.25) is 17.7 Å². The van der Waals surface area contributed by atoms with Crippen LogP contribution in [0.25, 0.3) is 0 Å². The Hall–Kier alpha value is -2.16. The molecule has 0 saturated heterocycles.